The molecule has 0 saturated carbocycles. The van der Waals surface area contributed by atoms with Crippen LogP contribution in [-0.4, -0.2) is 48.1 Å². The SMILES string of the molecule is N=C(CC(=O)Nc1nnc(CCCCc2nnc(NC(=O)Cc3[nH]nc4ccccc34)s2)s1)c1ccccc1N. The smallest absolute Gasteiger partial charge is 0.232 e. The van der Waals surface area contributed by atoms with Gasteiger partial charge in [0.1, 0.15) is 10.0 Å². The molecule has 12 nitrogen and oxygen atoms in total. The first-order valence-corrected chi connectivity index (χ1v) is 14.2. The number of benzene rings is 2. The number of nitrogen functional groups attached to an aromatic ring is 1. The second-order valence-electron chi connectivity index (χ2n) is 8.94. The number of carbonyl (C=O) groups is 2. The number of H-pyrrole nitrogens is 1. The Bertz CT molecular complexity index is 1660. The number of aromatic nitrogens is 6. The minimum Gasteiger partial charge on any atom is -0.398 e. The van der Waals surface area contributed by atoms with Crippen LogP contribution in [0.3, 0.4) is 0 Å². The summed E-state index contributed by atoms with van der Waals surface area (Å²) in [4.78, 5) is 24.8. The lowest BCUT2D eigenvalue weighted by Crippen LogP contribution is -2.17. The molecular formula is C26H26N10O2S2. The van der Waals surface area contributed by atoms with Gasteiger partial charge in [0.25, 0.3) is 0 Å². The Kier molecular flexibility index (Phi) is 8.47. The normalized spacial score (nSPS) is 11.0. The van der Waals surface area contributed by atoms with E-state index in [9.17, 15) is 9.59 Å². The molecule has 2 aromatic carbocycles. The Morgan fingerprint density at radius 3 is 2.17 bits per heavy atom. The third kappa shape index (κ3) is 6.90. The van der Waals surface area contributed by atoms with Crippen molar-refractivity contribution < 1.29 is 9.59 Å². The third-order valence-corrected chi connectivity index (χ3v) is 7.76. The van der Waals surface area contributed by atoms with E-state index in [1.807, 2.05) is 24.3 Å². The van der Waals surface area contributed by atoms with Crippen molar-refractivity contribution >= 4 is 67.1 Å². The van der Waals surface area contributed by atoms with Crippen molar-refractivity contribution in [3.8, 4) is 0 Å². The van der Waals surface area contributed by atoms with Gasteiger partial charge in [-0.25, -0.2) is 0 Å². The highest BCUT2D eigenvalue weighted by atomic mass is 32.1. The summed E-state index contributed by atoms with van der Waals surface area (Å²) in [5.41, 5.74) is 8.62. The number of nitrogens with one attached hydrogen (secondary N) is 4. The molecule has 0 saturated heterocycles. The zero-order valence-electron chi connectivity index (χ0n) is 21.3. The summed E-state index contributed by atoms with van der Waals surface area (Å²) in [6, 6.07) is 14.6. The van der Waals surface area contributed by atoms with Gasteiger partial charge in [-0.05, 0) is 25.0 Å². The van der Waals surface area contributed by atoms with Crippen molar-refractivity contribution in [3.63, 3.8) is 0 Å². The molecule has 5 rings (SSSR count). The monoisotopic (exact) mass is 574 g/mol. The third-order valence-electron chi connectivity index (χ3n) is 5.96. The van der Waals surface area contributed by atoms with Gasteiger partial charge in [0.15, 0.2) is 0 Å². The van der Waals surface area contributed by atoms with Gasteiger partial charge in [-0.3, -0.25) is 14.7 Å². The molecular weight excluding hydrogens is 548 g/mol. The summed E-state index contributed by atoms with van der Waals surface area (Å²) in [7, 11) is 0. The van der Waals surface area contributed by atoms with Gasteiger partial charge in [0, 0.05) is 35.2 Å². The van der Waals surface area contributed by atoms with E-state index in [2.05, 4.69) is 41.2 Å². The first-order chi connectivity index (χ1) is 19.4. The molecule has 14 heteroatoms. The second kappa shape index (κ2) is 12.5. The molecule has 0 aliphatic rings. The Balaban J connectivity index is 1.02. The first-order valence-electron chi connectivity index (χ1n) is 12.5. The summed E-state index contributed by atoms with van der Waals surface area (Å²) < 4.78 is 0. The quantitative estimate of drug-likeness (QED) is 0.0839. The van der Waals surface area contributed by atoms with Crippen LogP contribution in [0.1, 0.15) is 40.5 Å². The Hall–Kier alpha value is -4.56. The molecule has 0 radical (unpaired) electrons. The van der Waals surface area contributed by atoms with E-state index in [4.69, 9.17) is 11.1 Å². The van der Waals surface area contributed by atoms with Crippen molar-refractivity contribution in [1.29, 1.82) is 5.41 Å². The average Bonchev–Trinajstić information content (AvgIpc) is 3.68. The number of nitrogens with zero attached hydrogens (tertiary/aromatic N) is 5. The molecule has 204 valence electrons. The second-order valence-corrected chi connectivity index (χ2v) is 11.1. The van der Waals surface area contributed by atoms with Crippen LogP contribution in [-0.2, 0) is 28.9 Å². The maximum Gasteiger partial charge on any atom is 0.232 e. The van der Waals surface area contributed by atoms with Crippen molar-refractivity contribution in [2.24, 2.45) is 0 Å². The van der Waals surface area contributed by atoms with Crippen LogP contribution < -0.4 is 16.4 Å². The summed E-state index contributed by atoms with van der Waals surface area (Å²) in [6.45, 7) is 0. The fraction of sp³-hybridized carbons (Fsp3) is 0.231. The lowest BCUT2D eigenvalue weighted by Gasteiger charge is -2.06. The van der Waals surface area contributed by atoms with Crippen LogP contribution in [0.4, 0.5) is 16.0 Å². The highest BCUT2D eigenvalue weighted by Gasteiger charge is 2.14. The van der Waals surface area contributed by atoms with Crippen molar-refractivity contribution in [3.05, 3.63) is 69.8 Å². The molecule has 0 fully saturated rings. The first kappa shape index (κ1) is 27.0. The predicted octanol–water partition coefficient (Wildman–Crippen LogP) is 3.99. The average molecular weight is 575 g/mol. The van der Waals surface area contributed by atoms with Gasteiger partial charge in [-0.2, -0.15) is 5.10 Å². The van der Waals surface area contributed by atoms with Crippen molar-refractivity contribution in [1.82, 2.24) is 30.6 Å². The topological polar surface area (TPSA) is 188 Å². The lowest BCUT2D eigenvalue weighted by atomic mass is 10.1. The molecule has 40 heavy (non-hydrogen) atoms. The zero-order chi connectivity index (χ0) is 27.9. The summed E-state index contributed by atoms with van der Waals surface area (Å²) in [6.07, 6.45) is 3.22. The number of rotatable bonds is 12. The largest absolute Gasteiger partial charge is 0.398 e. The summed E-state index contributed by atoms with van der Waals surface area (Å²) in [5.74, 6) is -0.523. The van der Waals surface area contributed by atoms with E-state index < -0.39 is 0 Å². The Morgan fingerprint density at radius 1 is 0.850 bits per heavy atom. The number of anilines is 3. The van der Waals surface area contributed by atoms with Gasteiger partial charge >= 0.3 is 0 Å². The molecule has 6 N–H and O–H groups in total. The number of amides is 2. The summed E-state index contributed by atoms with van der Waals surface area (Å²) >= 11 is 2.68. The highest BCUT2D eigenvalue weighted by Crippen LogP contribution is 2.22. The standard InChI is InChI=1S/C26H26N10O2S2/c27-17-9-3-1-7-15(17)18(28)13-21(37)29-25-35-33-23(39-25)11-5-6-12-24-34-36-26(40-24)30-22(38)14-20-16-8-2-4-10-19(16)31-32-20/h1-4,7-10,28H,5-6,11-14,27H2,(H,31,32)(H,29,35,37)(H,30,36,38). The van der Waals surface area contributed by atoms with E-state index in [1.54, 1.807) is 24.3 Å². The molecule has 3 heterocycles. The van der Waals surface area contributed by atoms with Gasteiger partial charge in [-0.15, -0.1) is 20.4 Å². The van der Waals surface area contributed by atoms with E-state index in [0.29, 0.717) is 27.9 Å². The number of hydrogen-bond donors (Lipinski definition) is 5. The molecule has 2 amide bonds. The van der Waals surface area contributed by atoms with E-state index >= 15 is 0 Å². The highest BCUT2D eigenvalue weighted by molar-refractivity contribution is 7.15. The number of aryl methyl sites for hydroxylation is 2. The molecule has 3 aromatic heterocycles. The maximum atomic E-state index is 12.5. The van der Waals surface area contributed by atoms with Crippen LogP contribution in [0.2, 0.25) is 0 Å². The zero-order valence-corrected chi connectivity index (χ0v) is 22.9. The van der Waals surface area contributed by atoms with Gasteiger partial charge in [0.2, 0.25) is 22.1 Å². The predicted molar refractivity (Wildman–Crippen MR) is 156 cm³/mol. The maximum absolute atomic E-state index is 12.5. The Morgan fingerprint density at radius 2 is 1.48 bits per heavy atom. The fourth-order valence-electron chi connectivity index (χ4n) is 4.03. The van der Waals surface area contributed by atoms with Gasteiger partial charge in [-0.1, -0.05) is 59.1 Å². The van der Waals surface area contributed by atoms with Gasteiger partial charge < -0.3 is 21.8 Å². The molecule has 0 aliphatic heterocycles. The number of nitrogens with two attached hydrogens (primary N) is 1. The number of carbonyl (C=O) groups excluding carboxylic acids is 2. The van der Waals surface area contributed by atoms with Crippen molar-refractivity contribution in [2.45, 2.75) is 38.5 Å². The summed E-state index contributed by atoms with van der Waals surface area (Å²) in [5, 5.41) is 40.7. The number of para-hydroxylation sites is 2. The Labute approximate surface area is 237 Å². The molecule has 5 aromatic rings. The van der Waals surface area contributed by atoms with Crippen LogP contribution >= 0.6 is 22.7 Å². The number of unbranched alkanes of at least 4 members (excludes halogenated alkanes) is 1. The molecule has 0 aliphatic carbocycles. The van der Waals surface area contributed by atoms with E-state index in [0.717, 1.165) is 45.9 Å². The number of fused-ring (bicyclic) bond motifs is 1. The fourth-order valence-corrected chi connectivity index (χ4v) is 5.62. The molecule has 0 atom stereocenters. The molecule has 0 spiro atoms. The van der Waals surface area contributed by atoms with Crippen LogP contribution in [0.5, 0.6) is 0 Å². The van der Waals surface area contributed by atoms with Gasteiger partial charge in [0.05, 0.1) is 24.1 Å². The van der Waals surface area contributed by atoms with Crippen LogP contribution in [0.25, 0.3) is 10.9 Å². The lowest BCUT2D eigenvalue weighted by molar-refractivity contribution is -0.116. The van der Waals surface area contributed by atoms with E-state index in [1.165, 1.54) is 22.7 Å². The number of hydrogen-bond acceptors (Lipinski definition) is 11. The van der Waals surface area contributed by atoms with E-state index in [-0.39, 0.29) is 30.4 Å². The number of aromatic amines is 1. The minimum atomic E-state index is -0.340. The van der Waals surface area contributed by atoms with Crippen LogP contribution in [0.15, 0.2) is 48.5 Å². The minimum absolute atomic E-state index is 0.104. The van der Waals surface area contributed by atoms with Crippen LogP contribution in [0, 0.1) is 5.41 Å². The molecule has 0 unspecified atom stereocenters. The molecule has 0 bridgehead atoms. The van der Waals surface area contributed by atoms with Crippen molar-refractivity contribution in [2.75, 3.05) is 16.4 Å².